The number of benzene rings is 1. The van der Waals surface area contributed by atoms with Crippen molar-refractivity contribution in [3.8, 4) is 22.5 Å². The first-order chi connectivity index (χ1) is 11.9. The van der Waals surface area contributed by atoms with Crippen LogP contribution in [0.1, 0.15) is 5.56 Å². The van der Waals surface area contributed by atoms with Crippen LogP contribution in [0.5, 0.6) is 0 Å². The molecule has 0 aliphatic heterocycles. The van der Waals surface area contributed by atoms with Crippen LogP contribution in [-0.2, 0) is 9.84 Å². The molecule has 4 rings (SSSR count). The van der Waals surface area contributed by atoms with E-state index in [0.29, 0.717) is 5.56 Å². The van der Waals surface area contributed by atoms with E-state index < -0.39 is 9.84 Å². The van der Waals surface area contributed by atoms with E-state index in [4.69, 9.17) is 0 Å². The Balaban J connectivity index is 2.09. The van der Waals surface area contributed by atoms with E-state index in [0.717, 1.165) is 22.3 Å². The molecule has 9 heteroatoms. The highest BCUT2D eigenvalue weighted by Gasteiger charge is 2.22. The molecule has 1 aromatic carbocycles. The van der Waals surface area contributed by atoms with Gasteiger partial charge in [0.05, 0.1) is 4.90 Å². The molecule has 0 saturated heterocycles. The van der Waals surface area contributed by atoms with Gasteiger partial charge >= 0.3 is 0 Å². The second-order valence-electron chi connectivity index (χ2n) is 5.75. The Kier molecular flexibility index (Phi) is 3.39. The molecular weight excluding hydrogens is 340 g/mol. The first-order valence-electron chi connectivity index (χ1n) is 7.46. The van der Waals surface area contributed by atoms with E-state index >= 15 is 0 Å². The smallest absolute Gasteiger partial charge is 0.206 e. The van der Waals surface area contributed by atoms with Crippen molar-refractivity contribution in [1.29, 1.82) is 0 Å². The highest BCUT2D eigenvalue weighted by atomic mass is 32.2. The molecule has 126 valence electrons. The summed E-state index contributed by atoms with van der Waals surface area (Å²) in [4.78, 5) is 4.43. The average Bonchev–Trinajstić information content (AvgIpc) is 3.23. The lowest BCUT2D eigenvalue weighted by Crippen LogP contribution is -2.03. The summed E-state index contributed by atoms with van der Waals surface area (Å²) in [6, 6.07) is 7.07. The van der Waals surface area contributed by atoms with Crippen LogP contribution in [0.25, 0.3) is 28.2 Å². The zero-order valence-corrected chi connectivity index (χ0v) is 14.3. The van der Waals surface area contributed by atoms with E-state index in [1.165, 1.54) is 6.26 Å². The summed E-state index contributed by atoms with van der Waals surface area (Å²) in [5.41, 5.74) is 3.81. The van der Waals surface area contributed by atoms with Gasteiger partial charge in [0.2, 0.25) is 5.82 Å². The molecule has 0 aliphatic rings. The van der Waals surface area contributed by atoms with E-state index in [2.05, 4.69) is 25.6 Å². The third-order valence-electron chi connectivity index (χ3n) is 4.02. The van der Waals surface area contributed by atoms with Gasteiger partial charge in [0.1, 0.15) is 5.65 Å². The van der Waals surface area contributed by atoms with Gasteiger partial charge in [0, 0.05) is 36.0 Å². The molecule has 0 unspecified atom stereocenters. The van der Waals surface area contributed by atoms with Crippen LogP contribution >= 0.6 is 0 Å². The number of aromatic nitrogens is 6. The fraction of sp³-hybridized carbons (Fsp3) is 0.125. The maximum absolute atomic E-state index is 12.3. The molecule has 0 spiro atoms. The lowest BCUT2D eigenvalue weighted by Gasteiger charge is -2.14. The number of nitrogens with one attached hydrogen (secondary N) is 1. The molecule has 3 aromatic heterocycles. The molecule has 0 aliphatic carbocycles. The number of rotatable bonds is 3. The van der Waals surface area contributed by atoms with E-state index in [9.17, 15) is 8.42 Å². The number of H-pyrrole nitrogens is 1. The van der Waals surface area contributed by atoms with Gasteiger partial charge < -0.3 is 4.40 Å². The topological polar surface area (TPSA) is 106 Å². The minimum absolute atomic E-state index is 0.163. The summed E-state index contributed by atoms with van der Waals surface area (Å²) in [6.07, 6.45) is 6.64. The van der Waals surface area contributed by atoms with Crippen molar-refractivity contribution >= 4 is 15.5 Å². The molecule has 0 radical (unpaired) electrons. The van der Waals surface area contributed by atoms with Crippen LogP contribution in [-0.4, -0.2) is 44.7 Å². The molecule has 4 aromatic rings. The van der Waals surface area contributed by atoms with Gasteiger partial charge in [-0.3, -0.25) is 0 Å². The summed E-state index contributed by atoms with van der Waals surface area (Å²) in [6.45, 7) is 1.96. The number of hydrogen-bond acceptors (Lipinski definition) is 6. The number of aryl methyl sites for hydroxylation is 1. The molecule has 0 bridgehead atoms. The van der Waals surface area contributed by atoms with Gasteiger partial charge in [0.25, 0.3) is 0 Å². The van der Waals surface area contributed by atoms with Crippen LogP contribution in [0, 0.1) is 6.92 Å². The number of hydrogen-bond donors (Lipinski definition) is 1. The maximum atomic E-state index is 12.3. The quantitative estimate of drug-likeness (QED) is 0.602. The van der Waals surface area contributed by atoms with Crippen molar-refractivity contribution in [2.75, 3.05) is 6.26 Å². The first-order valence-corrected chi connectivity index (χ1v) is 9.35. The average molecular weight is 354 g/mol. The number of imidazole rings is 1. The molecule has 1 N–H and O–H groups in total. The normalized spacial score (nSPS) is 11.9. The van der Waals surface area contributed by atoms with Gasteiger partial charge in [-0.25, -0.2) is 13.4 Å². The van der Waals surface area contributed by atoms with Crippen molar-refractivity contribution in [2.24, 2.45) is 0 Å². The fourth-order valence-electron chi connectivity index (χ4n) is 2.90. The summed E-state index contributed by atoms with van der Waals surface area (Å²) in [7, 11) is -3.48. The number of pyridine rings is 1. The Hall–Kier alpha value is -3.07. The highest BCUT2D eigenvalue weighted by Crippen LogP contribution is 2.36. The van der Waals surface area contributed by atoms with Crippen molar-refractivity contribution < 1.29 is 8.42 Å². The Morgan fingerprint density at radius 2 is 2.04 bits per heavy atom. The highest BCUT2D eigenvalue weighted by molar-refractivity contribution is 7.90. The second-order valence-corrected chi connectivity index (χ2v) is 7.73. The SMILES string of the molecule is Cc1cc2nccn2cc1-c1cccc(S(C)(=O)=O)c1-c1nn[nH]n1. The fourth-order valence-corrected chi connectivity index (χ4v) is 3.80. The van der Waals surface area contributed by atoms with Crippen molar-refractivity contribution in [3.63, 3.8) is 0 Å². The second kappa shape index (κ2) is 5.49. The van der Waals surface area contributed by atoms with Crippen LogP contribution in [0.15, 0.2) is 47.8 Å². The number of aromatic amines is 1. The molecule has 0 atom stereocenters. The molecular formula is C16H14N6O2S. The van der Waals surface area contributed by atoms with Crippen molar-refractivity contribution in [1.82, 2.24) is 30.0 Å². The Morgan fingerprint density at radius 3 is 2.76 bits per heavy atom. The van der Waals surface area contributed by atoms with Crippen LogP contribution < -0.4 is 0 Å². The summed E-state index contributed by atoms with van der Waals surface area (Å²) in [5, 5.41) is 14.0. The summed E-state index contributed by atoms with van der Waals surface area (Å²) in [5.74, 6) is 0.237. The lowest BCUT2D eigenvalue weighted by molar-refractivity contribution is 0.602. The van der Waals surface area contributed by atoms with E-state index in [-0.39, 0.29) is 10.7 Å². The van der Waals surface area contributed by atoms with E-state index in [1.54, 1.807) is 18.3 Å². The van der Waals surface area contributed by atoms with Gasteiger partial charge in [-0.2, -0.15) is 5.21 Å². The molecule has 0 fully saturated rings. The lowest BCUT2D eigenvalue weighted by atomic mass is 9.97. The molecule has 0 saturated carbocycles. The third-order valence-corrected chi connectivity index (χ3v) is 5.16. The third kappa shape index (κ3) is 2.58. The monoisotopic (exact) mass is 354 g/mol. The van der Waals surface area contributed by atoms with Crippen LogP contribution in [0.3, 0.4) is 0 Å². The Labute approximate surface area is 143 Å². The van der Waals surface area contributed by atoms with E-state index in [1.807, 2.05) is 35.9 Å². The number of tetrazole rings is 1. The van der Waals surface area contributed by atoms with Crippen LogP contribution in [0.2, 0.25) is 0 Å². The minimum atomic E-state index is -3.48. The minimum Gasteiger partial charge on any atom is -0.306 e. The van der Waals surface area contributed by atoms with Gasteiger partial charge in [-0.15, -0.1) is 10.2 Å². The standard InChI is InChI=1S/C16H14N6O2S/c1-10-8-14-17-6-7-22(14)9-12(10)11-4-3-5-13(25(2,23)24)15(11)16-18-20-21-19-16/h3-9H,1-2H3,(H,18,19,20,21). The van der Waals surface area contributed by atoms with Gasteiger partial charge in [-0.05, 0) is 35.4 Å². The Bertz CT molecular complexity index is 1180. The molecule has 0 amide bonds. The van der Waals surface area contributed by atoms with Gasteiger partial charge in [-0.1, -0.05) is 12.1 Å². The predicted molar refractivity (Wildman–Crippen MR) is 91.6 cm³/mol. The summed E-state index contributed by atoms with van der Waals surface area (Å²) < 4.78 is 26.5. The number of fused-ring (bicyclic) bond motifs is 1. The predicted octanol–water partition coefficient (Wildman–Crippen LogP) is 1.89. The zero-order valence-electron chi connectivity index (χ0n) is 13.5. The largest absolute Gasteiger partial charge is 0.306 e. The molecule has 25 heavy (non-hydrogen) atoms. The van der Waals surface area contributed by atoms with Crippen molar-refractivity contribution in [3.05, 3.63) is 48.4 Å². The number of sulfone groups is 1. The molecule has 3 heterocycles. The summed E-state index contributed by atoms with van der Waals surface area (Å²) >= 11 is 0. The van der Waals surface area contributed by atoms with Crippen LogP contribution in [0.4, 0.5) is 0 Å². The Morgan fingerprint density at radius 1 is 1.20 bits per heavy atom. The zero-order chi connectivity index (χ0) is 17.6. The first kappa shape index (κ1) is 15.5. The maximum Gasteiger partial charge on any atom is 0.206 e. The van der Waals surface area contributed by atoms with Crippen molar-refractivity contribution in [2.45, 2.75) is 11.8 Å². The van der Waals surface area contributed by atoms with Gasteiger partial charge in [0.15, 0.2) is 9.84 Å². The molecule has 8 nitrogen and oxygen atoms in total. The number of nitrogens with zero attached hydrogens (tertiary/aromatic N) is 5.